The van der Waals surface area contributed by atoms with Gasteiger partial charge in [0.05, 0.1) is 0 Å². The van der Waals surface area contributed by atoms with E-state index in [0.717, 1.165) is 5.92 Å². The van der Waals surface area contributed by atoms with Crippen molar-refractivity contribution >= 4 is 0 Å². The minimum absolute atomic E-state index is 0.726. The molecule has 0 saturated heterocycles. The monoisotopic (exact) mass is 193 g/mol. The molecule has 0 bridgehead atoms. The van der Waals surface area contributed by atoms with E-state index < -0.39 is 0 Å². The normalized spacial score (nSPS) is 20.8. The van der Waals surface area contributed by atoms with Gasteiger partial charge in [0, 0.05) is 18.8 Å². The first-order valence-corrected chi connectivity index (χ1v) is 5.91. The maximum Gasteiger partial charge on any atom is 0.0322 e. The van der Waals surface area contributed by atoms with Crippen molar-refractivity contribution in [3.05, 3.63) is 23.9 Å². The summed E-state index contributed by atoms with van der Waals surface area (Å²) in [4.78, 5) is 2.50. The zero-order valence-corrected chi connectivity index (χ0v) is 9.79. The molecule has 1 atom stereocenters. The summed E-state index contributed by atoms with van der Waals surface area (Å²) < 4.78 is 0. The van der Waals surface area contributed by atoms with Gasteiger partial charge in [-0.3, -0.25) is 0 Å². The Balaban J connectivity index is 2.55. The Morgan fingerprint density at radius 1 is 1.29 bits per heavy atom. The number of allylic oxidation sites excluding steroid dienone is 3. The van der Waals surface area contributed by atoms with Gasteiger partial charge in [-0.15, -0.1) is 0 Å². The van der Waals surface area contributed by atoms with E-state index in [1.54, 1.807) is 0 Å². The van der Waals surface area contributed by atoms with Crippen LogP contribution in [-0.2, 0) is 0 Å². The molecule has 80 valence electrons. The van der Waals surface area contributed by atoms with E-state index in [-0.39, 0.29) is 0 Å². The Bertz CT molecular complexity index is 209. The molecule has 1 rings (SSSR count). The van der Waals surface area contributed by atoms with Crippen molar-refractivity contribution in [1.29, 1.82) is 0 Å². The van der Waals surface area contributed by atoms with Gasteiger partial charge >= 0.3 is 0 Å². The first kappa shape index (κ1) is 11.4. The van der Waals surface area contributed by atoms with E-state index in [0.29, 0.717) is 0 Å². The van der Waals surface area contributed by atoms with Crippen LogP contribution < -0.4 is 0 Å². The fourth-order valence-corrected chi connectivity index (χ4v) is 1.86. The molecule has 1 aliphatic rings. The number of hydrogen-bond donors (Lipinski definition) is 0. The van der Waals surface area contributed by atoms with Gasteiger partial charge in [0.15, 0.2) is 0 Å². The summed E-state index contributed by atoms with van der Waals surface area (Å²) in [6.45, 7) is 9.15. The van der Waals surface area contributed by atoms with Crippen LogP contribution in [-0.4, -0.2) is 18.0 Å². The molecular formula is C13H23N. The summed E-state index contributed by atoms with van der Waals surface area (Å²) in [5.41, 5.74) is 1.44. The Morgan fingerprint density at radius 2 is 1.93 bits per heavy atom. The highest BCUT2D eigenvalue weighted by Crippen LogP contribution is 2.18. The molecule has 0 aliphatic heterocycles. The number of nitrogens with zero attached hydrogens (tertiary/aromatic N) is 1. The molecule has 0 aromatic carbocycles. The summed E-state index contributed by atoms with van der Waals surface area (Å²) >= 11 is 0. The SMILES string of the molecule is CCCN(CCC)C1=CCC(C)C=C1. The highest BCUT2D eigenvalue weighted by atomic mass is 15.1. The van der Waals surface area contributed by atoms with E-state index >= 15 is 0 Å². The van der Waals surface area contributed by atoms with Crippen molar-refractivity contribution in [2.24, 2.45) is 5.92 Å². The molecule has 0 N–H and O–H groups in total. The van der Waals surface area contributed by atoms with E-state index in [9.17, 15) is 0 Å². The fourth-order valence-electron chi connectivity index (χ4n) is 1.86. The van der Waals surface area contributed by atoms with Gasteiger partial charge in [-0.25, -0.2) is 0 Å². The minimum Gasteiger partial charge on any atom is -0.372 e. The van der Waals surface area contributed by atoms with E-state index in [1.165, 1.54) is 38.0 Å². The van der Waals surface area contributed by atoms with Crippen molar-refractivity contribution in [3.8, 4) is 0 Å². The Kier molecular flexibility index (Phi) is 4.78. The lowest BCUT2D eigenvalue weighted by molar-refractivity contribution is 0.350. The molecular weight excluding hydrogens is 170 g/mol. The summed E-state index contributed by atoms with van der Waals surface area (Å²) in [7, 11) is 0. The molecule has 0 spiro atoms. The fraction of sp³-hybridized carbons (Fsp3) is 0.692. The zero-order valence-electron chi connectivity index (χ0n) is 9.79. The summed E-state index contributed by atoms with van der Waals surface area (Å²) in [5, 5.41) is 0. The third kappa shape index (κ3) is 3.21. The van der Waals surface area contributed by atoms with Crippen molar-refractivity contribution in [2.75, 3.05) is 13.1 Å². The Morgan fingerprint density at radius 3 is 2.36 bits per heavy atom. The van der Waals surface area contributed by atoms with Crippen molar-refractivity contribution in [1.82, 2.24) is 4.90 Å². The van der Waals surface area contributed by atoms with Crippen LogP contribution in [0.15, 0.2) is 23.9 Å². The zero-order chi connectivity index (χ0) is 10.4. The van der Waals surface area contributed by atoms with Crippen molar-refractivity contribution in [2.45, 2.75) is 40.0 Å². The Hall–Kier alpha value is -0.720. The van der Waals surface area contributed by atoms with E-state index in [1.807, 2.05) is 0 Å². The molecule has 14 heavy (non-hydrogen) atoms. The molecule has 0 saturated carbocycles. The maximum atomic E-state index is 2.50. The van der Waals surface area contributed by atoms with Crippen molar-refractivity contribution < 1.29 is 0 Å². The topological polar surface area (TPSA) is 3.24 Å². The lowest BCUT2D eigenvalue weighted by atomic mass is 10.0. The molecule has 0 fully saturated rings. The third-order valence-corrected chi connectivity index (χ3v) is 2.65. The second kappa shape index (κ2) is 5.90. The van der Waals surface area contributed by atoms with Crippen LogP contribution >= 0.6 is 0 Å². The van der Waals surface area contributed by atoms with Gasteiger partial charge in [0.25, 0.3) is 0 Å². The summed E-state index contributed by atoms with van der Waals surface area (Å²) in [6.07, 6.45) is 10.7. The first-order chi connectivity index (χ1) is 6.77. The van der Waals surface area contributed by atoms with Gasteiger partial charge < -0.3 is 4.90 Å². The molecule has 1 nitrogen and oxygen atoms in total. The number of hydrogen-bond acceptors (Lipinski definition) is 1. The second-order valence-electron chi connectivity index (χ2n) is 4.19. The highest BCUT2D eigenvalue weighted by molar-refractivity contribution is 5.22. The van der Waals surface area contributed by atoms with Gasteiger partial charge in [-0.05, 0) is 31.3 Å². The van der Waals surface area contributed by atoms with Crippen LogP contribution in [0.25, 0.3) is 0 Å². The van der Waals surface area contributed by atoms with Crippen LogP contribution in [0.3, 0.4) is 0 Å². The van der Waals surface area contributed by atoms with Crippen LogP contribution in [0.4, 0.5) is 0 Å². The highest BCUT2D eigenvalue weighted by Gasteiger charge is 2.09. The quantitative estimate of drug-likeness (QED) is 0.645. The van der Waals surface area contributed by atoms with Crippen LogP contribution in [0.5, 0.6) is 0 Å². The van der Waals surface area contributed by atoms with Gasteiger partial charge in [-0.1, -0.05) is 32.9 Å². The Labute approximate surface area is 88.5 Å². The predicted octanol–water partition coefficient (Wildman–Crippen LogP) is 3.59. The molecule has 0 aromatic heterocycles. The molecule has 1 aliphatic carbocycles. The lowest BCUT2D eigenvalue weighted by Gasteiger charge is -2.27. The van der Waals surface area contributed by atoms with E-state index in [2.05, 4.69) is 43.9 Å². The van der Waals surface area contributed by atoms with Crippen LogP contribution in [0, 0.1) is 5.92 Å². The molecule has 0 aromatic rings. The van der Waals surface area contributed by atoms with Gasteiger partial charge in [0.2, 0.25) is 0 Å². The molecule has 1 unspecified atom stereocenters. The first-order valence-electron chi connectivity index (χ1n) is 5.91. The van der Waals surface area contributed by atoms with E-state index in [4.69, 9.17) is 0 Å². The molecule has 1 heteroatoms. The van der Waals surface area contributed by atoms with Crippen LogP contribution in [0.1, 0.15) is 40.0 Å². The van der Waals surface area contributed by atoms with Gasteiger partial charge in [0.1, 0.15) is 0 Å². The minimum atomic E-state index is 0.726. The standard InChI is InChI=1S/C13H23N/c1-4-10-14(11-5-2)13-8-6-12(3)7-9-13/h6,8-9,12H,4-5,7,10-11H2,1-3H3. The summed E-state index contributed by atoms with van der Waals surface area (Å²) in [5.74, 6) is 0.726. The summed E-state index contributed by atoms with van der Waals surface area (Å²) in [6, 6.07) is 0. The third-order valence-electron chi connectivity index (χ3n) is 2.65. The average Bonchev–Trinajstić information content (AvgIpc) is 2.19. The van der Waals surface area contributed by atoms with Gasteiger partial charge in [-0.2, -0.15) is 0 Å². The molecule has 0 radical (unpaired) electrons. The average molecular weight is 193 g/mol. The largest absolute Gasteiger partial charge is 0.372 e. The maximum absolute atomic E-state index is 2.50. The molecule has 0 heterocycles. The second-order valence-corrected chi connectivity index (χ2v) is 4.19. The smallest absolute Gasteiger partial charge is 0.0322 e. The van der Waals surface area contributed by atoms with Crippen LogP contribution in [0.2, 0.25) is 0 Å². The lowest BCUT2D eigenvalue weighted by Crippen LogP contribution is -2.24. The predicted molar refractivity (Wildman–Crippen MR) is 63.2 cm³/mol. The molecule has 0 amide bonds. The number of rotatable bonds is 5. The van der Waals surface area contributed by atoms with Crippen molar-refractivity contribution in [3.63, 3.8) is 0 Å².